The molecule has 166 valence electrons. The van der Waals surface area contributed by atoms with Gasteiger partial charge in [-0.15, -0.1) is 0 Å². The molecule has 0 radical (unpaired) electrons. The molecule has 7 nitrogen and oxygen atoms in total. The van der Waals surface area contributed by atoms with Crippen LogP contribution in [0.1, 0.15) is 51.4 Å². The Morgan fingerprint density at radius 3 is 2.32 bits per heavy atom. The first kappa shape index (κ1) is 20.3. The first-order valence-electron chi connectivity index (χ1n) is 11.4. The van der Waals surface area contributed by atoms with Gasteiger partial charge in [0.25, 0.3) is 5.56 Å². The van der Waals surface area contributed by atoms with Crippen molar-refractivity contribution in [2.24, 2.45) is 17.8 Å². The van der Waals surface area contributed by atoms with Crippen molar-refractivity contribution in [2.45, 2.75) is 63.5 Å². The van der Waals surface area contributed by atoms with Crippen LogP contribution in [-0.2, 0) is 11.3 Å². The number of rotatable bonds is 7. The van der Waals surface area contributed by atoms with Crippen LogP contribution in [0.2, 0.25) is 0 Å². The van der Waals surface area contributed by atoms with E-state index in [1.807, 2.05) is 0 Å². The van der Waals surface area contributed by atoms with Crippen molar-refractivity contribution >= 4 is 16.8 Å². The number of carbonyl (C=O) groups is 1. The Morgan fingerprint density at radius 2 is 1.71 bits per heavy atom. The molecule has 4 aliphatic rings. The van der Waals surface area contributed by atoms with Crippen LogP contribution in [0.3, 0.4) is 0 Å². The predicted octanol–water partition coefficient (Wildman–Crippen LogP) is 3.28. The van der Waals surface area contributed by atoms with E-state index < -0.39 is 0 Å². The van der Waals surface area contributed by atoms with E-state index >= 15 is 0 Å². The molecule has 1 aromatic heterocycles. The topological polar surface area (TPSA) is 82.5 Å². The highest BCUT2D eigenvalue weighted by molar-refractivity contribution is 5.81. The van der Waals surface area contributed by atoms with Crippen LogP contribution in [0.4, 0.5) is 0 Å². The summed E-state index contributed by atoms with van der Waals surface area (Å²) in [5.41, 5.74) is 0.480. The molecule has 4 saturated carbocycles. The van der Waals surface area contributed by atoms with Crippen LogP contribution >= 0.6 is 0 Å². The van der Waals surface area contributed by atoms with Crippen molar-refractivity contribution in [2.75, 3.05) is 14.2 Å². The molecule has 4 bridgehead atoms. The lowest BCUT2D eigenvalue weighted by Crippen LogP contribution is -2.59. The number of nitrogens with one attached hydrogen (secondary N) is 1. The number of hydrogen-bond acceptors (Lipinski definition) is 5. The van der Waals surface area contributed by atoms with Gasteiger partial charge >= 0.3 is 0 Å². The Labute approximate surface area is 182 Å². The van der Waals surface area contributed by atoms with Crippen molar-refractivity contribution < 1.29 is 14.3 Å². The van der Waals surface area contributed by atoms with Crippen LogP contribution in [0, 0.1) is 17.8 Å². The van der Waals surface area contributed by atoms with Crippen molar-refractivity contribution in [3.8, 4) is 11.5 Å². The largest absolute Gasteiger partial charge is 0.493 e. The van der Waals surface area contributed by atoms with Gasteiger partial charge < -0.3 is 14.8 Å². The van der Waals surface area contributed by atoms with E-state index in [-0.39, 0.29) is 17.0 Å². The Hall–Kier alpha value is -2.57. The molecule has 1 heterocycles. The molecule has 1 aromatic carbocycles. The van der Waals surface area contributed by atoms with Crippen molar-refractivity contribution in [1.29, 1.82) is 0 Å². The Bertz CT molecular complexity index is 1030. The molecule has 1 N–H and O–H groups in total. The number of amides is 1. The first-order chi connectivity index (χ1) is 15.0. The average molecular weight is 426 g/mol. The molecule has 0 saturated heterocycles. The van der Waals surface area contributed by atoms with Crippen molar-refractivity contribution in [3.63, 3.8) is 0 Å². The molecule has 4 aliphatic carbocycles. The Balaban J connectivity index is 1.23. The summed E-state index contributed by atoms with van der Waals surface area (Å²) < 4.78 is 12.2. The van der Waals surface area contributed by atoms with Gasteiger partial charge in [0.2, 0.25) is 5.91 Å². The fourth-order valence-electron chi connectivity index (χ4n) is 6.68. The minimum absolute atomic E-state index is 0.0444. The molecule has 0 unspecified atom stereocenters. The second-order valence-corrected chi connectivity index (χ2v) is 9.82. The summed E-state index contributed by atoms with van der Waals surface area (Å²) >= 11 is 0. The van der Waals surface area contributed by atoms with Gasteiger partial charge in [-0.2, -0.15) is 0 Å². The molecular weight excluding hydrogens is 394 g/mol. The molecule has 0 aliphatic heterocycles. The summed E-state index contributed by atoms with van der Waals surface area (Å²) in [7, 11) is 3.10. The molecular formula is C24H31N3O4. The number of hydrogen-bond donors (Lipinski definition) is 1. The molecule has 7 heteroatoms. The van der Waals surface area contributed by atoms with Gasteiger partial charge in [0.15, 0.2) is 11.5 Å². The van der Waals surface area contributed by atoms with E-state index in [9.17, 15) is 9.59 Å². The van der Waals surface area contributed by atoms with Crippen LogP contribution in [-0.4, -0.2) is 35.2 Å². The van der Waals surface area contributed by atoms with Gasteiger partial charge in [-0.3, -0.25) is 14.2 Å². The maximum atomic E-state index is 12.9. The van der Waals surface area contributed by atoms with Crippen LogP contribution in [0.25, 0.3) is 10.9 Å². The fourth-order valence-corrected chi connectivity index (χ4v) is 6.68. The summed E-state index contributed by atoms with van der Waals surface area (Å²) in [5.74, 6) is 3.59. The van der Waals surface area contributed by atoms with Crippen molar-refractivity contribution in [3.05, 3.63) is 28.8 Å². The van der Waals surface area contributed by atoms with Gasteiger partial charge in [-0.1, -0.05) is 0 Å². The normalized spacial score (nSPS) is 28.6. The number of benzene rings is 1. The standard InChI is InChI=1S/C24H31N3O4/c1-30-20-9-18-19(10-21(20)31-2)25-14-27(23(18)29)5-3-4-22(28)26-24-11-15-6-16(12-24)8-17(7-15)13-24/h9-10,14-17H,3-8,11-13H2,1-2H3,(H,26,28). The maximum absolute atomic E-state index is 12.9. The molecule has 2 aromatic rings. The minimum atomic E-state index is -0.132. The van der Waals surface area contributed by atoms with E-state index in [4.69, 9.17) is 9.47 Å². The molecule has 6 rings (SSSR count). The van der Waals surface area contributed by atoms with Crippen LogP contribution in [0.5, 0.6) is 11.5 Å². The number of nitrogens with zero attached hydrogens (tertiary/aromatic N) is 2. The number of methoxy groups -OCH3 is 2. The van der Waals surface area contributed by atoms with Crippen LogP contribution < -0.4 is 20.3 Å². The minimum Gasteiger partial charge on any atom is -0.493 e. The van der Waals surface area contributed by atoms with Gasteiger partial charge in [0.1, 0.15) is 0 Å². The van der Waals surface area contributed by atoms with Crippen molar-refractivity contribution in [1.82, 2.24) is 14.9 Å². The second kappa shape index (κ2) is 7.84. The smallest absolute Gasteiger partial charge is 0.261 e. The highest BCUT2D eigenvalue weighted by Gasteiger charge is 2.51. The lowest BCUT2D eigenvalue weighted by atomic mass is 9.53. The second-order valence-electron chi connectivity index (χ2n) is 9.82. The van der Waals surface area contributed by atoms with Gasteiger partial charge in [-0.05, 0) is 68.8 Å². The van der Waals surface area contributed by atoms with Gasteiger partial charge in [0.05, 0.1) is 31.4 Å². The highest BCUT2D eigenvalue weighted by atomic mass is 16.5. The van der Waals surface area contributed by atoms with E-state index in [0.29, 0.717) is 41.8 Å². The SMILES string of the molecule is COc1cc2ncn(CCCC(=O)NC34CC5CC(CC(C5)C3)C4)c(=O)c2cc1OC. The molecule has 0 spiro atoms. The summed E-state index contributed by atoms with van der Waals surface area (Å²) in [6.07, 6.45) is 10.2. The fraction of sp³-hybridized carbons (Fsp3) is 0.625. The van der Waals surface area contributed by atoms with E-state index in [1.54, 1.807) is 37.2 Å². The van der Waals surface area contributed by atoms with Gasteiger partial charge in [-0.25, -0.2) is 4.98 Å². The number of ether oxygens (including phenoxy) is 2. The summed E-state index contributed by atoms with van der Waals surface area (Å²) in [4.78, 5) is 30.0. The van der Waals surface area contributed by atoms with E-state index in [1.165, 1.54) is 19.3 Å². The molecule has 4 fully saturated rings. The lowest BCUT2D eigenvalue weighted by molar-refractivity contribution is -0.127. The zero-order valence-electron chi connectivity index (χ0n) is 18.4. The summed E-state index contributed by atoms with van der Waals surface area (Å²) in [6.45, 7) is 0.463. The molecule has 0 atom stereocenters. The number of aryl methyl sites for hydroxylation is 1. The molecule has 31 heavy (non-hydrogen) atoms. The number of fused-ring (bicyclic) bond motifs is 1. The quantitative estimate of drug-likeness (QED) is 0.736. The Morgan fingerprint density at radius 1 is 1.10 bits per heavy atom. The monoisotopic (exact) mass is 425 g/mol. The maximum Gasteiger partial charge on any atom is 0.261 e. The number of carbonyl (C=O) groups excluding carboxylic acids is 1. The van der Waals surface area contributed by atoms with Gasteiger partial charge in [0, 0.05) is 24.6 Å². The third-order valence-corrected chi connectivity index (χ3v) is 7.58. The average Bonchev–Trinajstić information content (AvgIpc) is 2.73. The third-order valence-electron chi connectivity index (χ3n) is 7.58. The highest BCUT2D eigenvalue weighted by Crippen LogP contribution is 2.55. The van der Waals surface area contributed by atoms with E-state index in [0.717, 1.165) is 37.0 Å². The molecule has 1 amide bonds. The summed E-state index contributed by atoms with van der Waals surface area (Å²) in [6, 6.07) is 3.37. The summed E-state index contributed by atoms with van der Waals surface area (Å²) in [5, 5.41) is 3.89. The number of aromatic nitrogens is 2. The lowest BCUT2D eigenvalue weighted by Gasteiger charge is -2.56. The zero-order chi connectivity index (χ0) is 21.6. The van der Waals surface area contributed by atoms with Crippen LogP contribution in [0.15, 0.2) is 23.3 Å². The zero-order valence-corrected chi connectivity index (χ0v) is 18.4. The predicted molar refractivity (Wildman–Crippen MR) is 117 cm³/mol. The van der Waals surface area contributed by atoms with E-state index in [2.05, 4.69) is 10.3 Å². The Kier molecular flexibility index (Phi) is 5.15. The first-order valence-corrected chi connectivity index (χ1v) is 11.4. The third kappa shape index (κ3) is 3.79.